The van der Waals surface area contributed by atoms with Crippen molar-refractivity contribution in [1.29, 1.82) is 0 Å². The number of nitrogens with one attached hydrogen (secondary N) is 1. The van der Waals surface area contributed by atoms with Crippen LogP contribution in [0.2, 0.25) is 0 Å². The molecule has 1 N–H and O–H groups in total. The number of carbonyl (C=O) groups excluding carboxylic acids is 1. The van der Waals surface area contributed by atoms with Crippen molar-refractivity contribution in [3.63, 3.8) is 0 Å². The van der Waals surface area contributed by atoms with Gasteiger partial charge in [0.05, 0.1) is 0 Å². The molecule has 0 saturated heterocycles. The SMILES string of the molecule is C=C/C=C\C(=C/C)C(=O)Nc1ccc(-c2nc(-c3ccccc3)no2)cc1. The van der Waals surface area contributed by atoms with Gasteiger partial charge in [0.25, 0.3) is 11.8 Å². The third-order valence-corrected chi connectivity index (χ3v) is 3.83. The van der Waals surface area contributed by atoms with Gasteiger partial charge in [0.1, 0.15) is 0 Å². The molecule has 1 aromatic heterocycles. The molecule has 0 fully saturated rings. The number of anilines is 1. The summed E-state index contributed by atoms with van der Waals surface area (Å²) in [4.78, 5) is 16.7. The van der Waals surface area contributed by atoms with Gasteiger partial charge in [-0.3, -0.25) is 4.79 Å². The molecule has 27 heavy (non-hydrogen) atoms. The van der Waals surface area contributed by atoms with Gasteiger partial charge >= 0.3 is 0 Å². The Kier molecular flexibility index (Phi) is 5.74. The van der Waals surface area contributed by atoms with E-state index in [0.717, 1.165) is 11.1 Å². The minimum absolute atomic E-state index is 0.187. The zero-order chi connectivity index (χ0) is 19.1. The smallest absolute Gasteiger partial charge is 0.258 e. The van der Waals surface area contributed by atoms with E-state index in [4.69, 9.17) is 4.52 Å². The first kappa shape index (κ1) is 18.1. The molecule has 2 aromatic carbocycles. The van der Waals surface area contributed by atoms with Crippen molar-refractivity contribution in [1.82, 2.24) is 10.1 Å². The lowest BCUT2D eigenvalue weighted by atomic mass is 10.1. The molecule has 0 bridgehead atoms. The van der Waals surface area contributed by atoms with Gasteiger partial charge in [0, 0.05) is 22.4 Å². The van der Waals surface area contributed by atoms with Crippen LogP contribution in [-0.2, 0) is 4.79 Å². The minimum atomic E-state index is -0.187. The molecule has 0 radical (unpaired) electrons. The summed E-state index contributed by atoms with van der Waals surface area (Å²) in [7, 11) is 0. The number of carbonyl (C=O) groups is 1. The van der Waals surface area contributed by atoms with Gasteiger partial charge in [-0.1, -0.05) is 60.3 Å². The average Bonchev–Trinajstić information content (AvgIpc) is 3.20. The second-order valence-electron chi connectivity index (χ2n) is 5.66. The van der Waals surface area contributed by atoms with E-state index in [-0.39, 0.29) is 5.91 Å². The Balaban J connectivity index is 1.72. The highest BCUT2D eigenvalue weighted by Crippen LogP contribution is 2.23. The van der Waals surface area contributed by atoms with Crippen LogP contribution < -0.4 is 5.32 Å². The van der Waals surface area contributed by atoms with Gasteiger partial charge in [-0.05, 0) is 37.3 Å². The first-order valence-corrected chi connectivity index (χ1v) is 8.47. The average molecular weight is 357 g/mol. The Morgan fingerprint density at radius 2 is 1.81 bits per heavy atom. The van der Waals surface area contributed by atoms with Gasteiger partial charge < -0.3 is 9.84 Å². The maximum atomic E-state index is 12.3. The monoisotopic (exact) mass is 357 g/mol. The Morgan fingerprint density at radius 1 is 1.07 bits per heavy atom. The number of benzene rings is 2. The maximum Gasteiger partial charge on any atom is 0.258 e. The molecule has 0 atom stereocenters. The molecule has 0 saturated carbocycles. The first-order chi connectivity index (χ1) is 13.2. The quantitative estimate of drug-likeness (QED) is 0.496. The van der Waals surface area contributed by atoms with Crippen LogP contribution in [0.5, 0.6) is 0 Å². The molecule has 0 unspecified atom stereocenters. The molecule has 1 amide bonds. The van der Waals surface area contributed by atoms with Crippen LogP contribution in [0.1, 0.15) is 6.92 Å². The van der Waals surface area contributed by atoms with E-state index in [9.17, 15) is 4.79 Å². The zero-order valence-corrected chi connectivity index (χ0v) is 14.9. The standard InChI is InChI=1S/C22H19N3O2/c1-3-5-9-16(4-2)21(26)23-19-14-12-18(13-15-19)22-24-20(25-27-22)17-10-7-6-8-11-17/h3-15H,1H2,2H3,(H,23,26)/b9-5-,16-4+. The Hall–Kier alpha value is -3.73. The summed E-state index contributed by atoms with van der Waals surface area (Å²) in [6.45, 7) is 5.41. The van der Waals surface area contributed by atoms with Gasteiger partial charge in [-0.2, -0.15) is 4.98 Å². The van der Waals surface area contributed by atoms with E-state index in [1.807, 2.05) is 49.4 Å². The molecule has 0 aliphatic rings. The second-order valence-corrected chi connectivity index (χ2v) is 5.66. The lowest BCUT2D eigenvalue weighted by Crippen LogP contribution is -2.13. The molecule has 3 rings (SSSR count). The van der Waals surface area contributed by atoms with Gasteiger partial charge in [0.2, 0.25) is 5.82 Å². The molecular formula is C22H19N3O2. The number of rotatable bonds is 6. The molecular weight excluding hydrogens is 338 g/mol. The Bertz CT molecular complexity index is 984. The van der Waals surface area contributed by atoms with Crippen LogP contribution in [0.4, 0.5) is 5.69 Å². The topological polar surface area (TPSA) is 68.0 Å². The molecule has 5 heteroatoms. The van der Waals surface area contributed by atoms with Gasteiger partial charge in [0.15, 0.2) is 0 Å². The second kappa shape index (κ2) is 8.58. The number of amides is 1. The third kappa shape index (κ3) is 4.46. The summed E-state index contributed by atoms with van der Waals surface area (Å²) in [5.41, 5.74) is 2.91. The predicted octanol–water partition coefficient (Wildman–Crippen LogP) is 5.03. The molecule has 1 heterocycles. The van der Waals surface area contributed by atoms with Gasteiger partial charge in [-0.15, -0.1) is 0 Å². The largest absolute Gasteiger partial charge is 0.334 e. The van der Waals surface area contributed by atoms with Crippen molar-refractivity contribution >= 4 is 11.6 Å². The van der Waals surface area contributed by atoms with Crippen LogP contribution in [-0.4, -0.2) is 16.0 Å². The fourth-order valence-corrected chi connectivity index (χ4v) is 2.42. The van der Waals surface area contributed by atoms with Gasteiger partial charge in [-0.25, -0.2) is 0 Å². The van der Waals surface area contributed by atoms with E-state index in [2.05, 4.69) is 22.0 Å². The van der Waals surface area contributed by atoms with Crippen molar-refractivity contribution in [3.05, 3.63) is 91.1 Å². The Labute approximate surface area is 157 Å². The van der Waals surface area contributed by atoms with Crippen LogP contribution >= 0.6 is 0 Å². The maximum absolute atomic E-state index is 12.3. The highest BCUT2D eigenvalue weighted by molar-refractivity contribution is 6.05. The zero-order valence-electron chi connectivity index (χ0n) is 14.9. The van der Waals surface area contributed by atoms with Crippen molar-refractivity contribution in [2.45, 2.75) is 6.92 Å². The van der Waals surface area contributed by atoms with Crippen LogP contribution in [0.25, 0.3) is 22.8 Å². The molecule has 0 spiro atoms. The molecule has 5 nitrogen and oxygen atoms in total. The van der Waals surface area contributed by atoms with E-state index < -0.39 is 0 Å². The van der Waals surface area contributed by atoms with E-state index >= 15 is 0 Å². The lowest BCUT2D eigenvalue weighted by Gasteiger charge is -2.06. The van der Waals surface area contributed by atoms with Crippen molar-refractivity contribution in [2.24, 2.45) is 0 Å². The molecule has 0 aliphatic carbocycles. The van der Waals surface area contributed by atoms with E-state index in [0.29, 0.717) is 23.0 Å². The summed E-state index contributed by atoms with van der Waals surface area (Å²) in [6.07, 6.45) is 6.80. The normalized spacial score (nSPS) is 11.5. The molecule has 134 valence electrons. The van der Waals surface area contributed by atoms with Crippen LogP contribution in [0.3, 0.4) is 0 Å². The fourth-order valence-electron chi connectivity index (χ4n) is 2.42. The number of nitrogens with zero attached hydrogens (tertiary/aromatic N) is 2. The number of allylic oxidation sites excluding steroid dienone is 3. The number of aromatic nitrogens is 2. The number of hydrogen-bond donors (Lipinski definition) is 1. The summed E-state index contributed by atoms with van der Waals surface area (Å²) < 4.78 is 5.35. The molecule has 3 aromatic rings. The highest BCUT2D eigenvalue weighted by Gasteiger charge is 2.11. The van der Waals surface area contributed by atoms with Crippen molar-refractivity contribution in [3.8, 4) is 22.8 Å². The van der Waals surface area contributed by atoms with Crippen LogP contribution in [0, 0.1) is 0 Å². The lowest BCUT2D eigenvalue weighted by molar-refractivity contribution is -0.112. The van der Waals surface area contributed by atoms with Crippen molar-refractivity contribution < 1.29 is 9.32 Å². The minimum Gasteiger partial charge on any atom is -0.334 e. The first-order valence-electron chi connectivity index (χ1n) is 8.47. The van der Waals surface area contributed by atoms with Crippen molar-refractivity contribution in [2.75, 3.05) is 5.32 Å². The van der Waals surface area contributed by atoms with E-state index in [1.165, 1.54) is 0 Å². The summed E-state index contributed by atoms with van der Waals surface area (Å²) in [5.74, 6) is 0.775. The summed E-state index contributed by atoms with van der Waals surface area (Å²) in [5, 5.41) is 6.87. The molecule has 0 aliphatic heterocycles. The number of hydrogen-bond acceptors (Lipinski definition) is 4. The highest BCUT2D eigenvalue weighted by atomic mass is 16.5. The van der Waals surface area contributed by atoms with E-state index in [1.54, 1.807) is 36.4 Å². The summed E-state index contributed by atoms with van der Waals surface area (Å²) >= 11 is 0. The van der Waals surface area contributed by atoms with Crippen LogP contribution in [0.15, 0.2) is 95.6 Å². The summed E-state index contributed by atoms with van der Waals surface area (Å²) in [6, 6.07) is 16.9. The third-order valence-electron chi connectivity index (χ3n) is 3.83. The predicted molar refractivity (Wildman–Crippen MR) is 107 cm³/mol. The Morgan fingerprint density at radius 3 is 2.48 bits per heavy atom. The fraction of sp³-hybridized carbons (Fsp3) is 0.0455.